The van der Waals surface area contributed by atoms with E-state index in [1.165, 1.54) is 16.7 Å². The summed E-state index contributed by atoms with van der Waals surface area (Å²) in [6.45, 7) is 2.14. The number of hydrogen-bond donors (Lipinski definition) is 2. The Morgan fingerprint density at radius 3 is 1.65 bits per heavy atom. The fourth-order valence-corrected chi connectivity index (χ4v) is 4.10. The molecule has 0 amide bonds. The highest BCUT2D eigenvalue weighted by atomic mass is 15.1. The van der Waals surface area contributed by atoms with Crippen LogP contribution in [0.2, 0.25) is 0 Å². The van der Waals surface area contributed by atoms with Crippen LogP contribution in [-0.2, 0) is 0 Å². The molecule has 166 valence electrons. The Kier molecular flexibility index (Phi) is 6.00. The molecular weight excluding hydrogens is 414 g/mol. The Hall–Kier alpha value is -4.50. The van der Waals surface area contributed by atoms with Crippen LogP contribution in [0.25, 0.3) is 11.1 Å². The smallest absolute Gasteiger partial charge is 0.0490 e. The summed E-state index contributed by atoms with van der Waals surface area (Å²) in [7, 11) is 0. The molecule has 0 fully saturated rings. The van der Waals surface area contributed by atoms with E-state index in [9.17, 15) is 0 Å². The monoisotopic (exact) mass is 441 g/mol. The Labute approximate surface area is 201 Å². The maximum atomic E-state index is 5.95. The van der Waals surface area contributed by atoms with Gasteiger partial charge in [0.05, 0.1) is 0 Å². The number of para-hydroxylation sites is 2. The Balaban J connectivity index is 1.43. The van der Waals surface area contributed by atoms with Crippen LogP contribution in [-0.4, -0.2) is 0 Å². The minimum absolute atomic E-state index is 0.758. The zero-order valence-corrected chi connectivity index (χ0v) is 19.1. The zero-order valence-electron chi connectivity index (χ0n) is 19.1. The van der Waals surface area contributed by atoms with Gasteiger partial charge < -0.3 is 16.0 Å². The molecule has 34 heavy (non-hydrogen) atoms. The molecule has 5 aromatic carbocycles. The number of nitrogens with two attached hydrogens (primary N) is 1. The lowest BCUT2D eigenvalue weighted by atomic mass is 10.0. The van der Waals surface area contributed by atoms with E-state index in [4.69, 9.17) is 5.73 Å². The van der Waals surface area contributed by atoms with Crippen molar-refractivity contribution in [2.75, 3.05) is 16.0 Å². The van der Waals surface area contributed by atoms with Crippen molar-refractivity contribution in [3.8, 4) is 11.1 Å². The van der Waals surface area contributed by atoms with Crippen LogP contribution >= 0.6 is 0 Å². The van der Waals surface area contributed by atoms with Crippen molar-refractivity contribution >= 4 is 34.1 Å². The van der Waals surface area contributed by atoms with Crippen molar-refractivity contribution in [2.24, 2.45) is 0 Å². The van der Waals surface area contributed by atoms with Crippen molar-refractivity contribution < 1.29 is 0 Å². The second-order valence-electron chi connectivity index (χ2n) is 8.33. The second-order valence-corrected chi connectivity index (χ2v) is 8.33. The first-order chi connectivity index (χ1) is 16.7. The maximum Gasteiger partial charge on any atom is 0.0490 e. The van der Waals surface area contributed by atoms with Gasteiger partial charge in [0, 0.05) is 34.1 Å². The lowest BCUT2D eigenvalue weighted by Gasteiger charge is -2.27. The van der Waals surface area contributed by atoms with Crippen LogP contribution in [0.4, 0.5) is 34.1 Å². The van der Waals surface area contributed by atoms with Crippen molar-refractivity contribution in [3.63, 3.8) is 0 Å². The molecule has 3 heteroatoms. The van der Waals surface area contributed by atoms with Gasteiger partial charge in [-0.15, -0.1) is 0 Å². The number of nitrogens with zero attached hydrogens (tertiary/aromatic N) is 1. The van der Waals surface area contributed by atoms with E-state index in [-0.39, 0.29) is 0 Å². The number of nitrogens with one attached hydrogen (secondary N) is 1. The van der Waals surface area contributed by atoms with Crippen LogP contribution in [0.3, 0.4) is 0 Å². The summed E-state index contributed by atoms with van der Waals surface area (Å²) in [5.74, 6) is 0. The molecule has 0 saturated heterocycles. The van der Waals surface area contributed by atoms with Crippen LogP contribution in [0, 0.1) is 6.92 Å². The van der Waals surface area contributed by atoms with E-state index in [2.05, 4.69) is 114 Å². The zero-order chi connectivity index (χ0) is 23.3. The van der Waals surface area contributed by atoms with Gasteiger partial charge in [-0.1, -0.05) is 60.7 Å². The van der Waals surface area contributed by atoms with Crippen molar-refractivity contribution in [1.82, 2.24) is 0 Å². The van der Waals surface area contributed by atoms with E-state index in [1.807, 2.05) is 30.3 Å². The molecule has 0 spiro atoms. The van der Waals surface area contributed by atoms with Crippen molar-refractivity contribution in [3.05, 3.63) is 133 Å². The molecule has 0 aliphatic heterocycles. The molecule has 0 atom stereocenters. The van der Waals surface area contributed by atoms with Crippen LogP contribution < -0.4 is 16.0 Å². The molecule has 3 nitrogen and oxygen atoms in total. The van der Waals surface area contributed by atoms with E-state index >= 15 is 0 Å². The molecule has 0 saturated carbocycles. The number of nitrogen functional groups attached to an aromatic ring is 1. The lowest BCUT2D eigenvalue weighted by Crippen LogP contribution is -2.11. The lowest BCUT2D eigenvalue weighted by molar-refractivity contribution is 1.25. The molecule has 0 aromatic heterocycles. The first kappa shape index (κ1) is 21.4. The van der Waals surface area contributed by atoms with Gasteiger partial charge in [0.25, 0.3) is 0 Å². The van der Waals surface area contributed by atoms with E-state index in [0.29, 0.717) is 0 Å². The average molecular weight is 442 g/mol. The summed E-state index contributed by atoms with van der Waals surface area (Å²) in [4.78, 5) is 2.27. The van der Waals surface area contributed by atoms with Crippen molar-refractivity contribution in [1.29, 1.82) is 0 Å². The third-order valence-electron chi connectivity index (χ3n) is 5.91. The van der Waals surface area contributed by atoms with Crippen LogP contribution in [0.1, 0.15) is 5.56 Å². The van der Waals surface area contributed by atoms with Crippen molar-refractivity contribution in [2.45, 2.75) is 6.92 Å². The molecule has 0 bridgehead atoms. The molecule has 0 heterocycles. The predicted octanol–water partition coefficient (Wildman–Crippen LogP) is 8.46. The largest absolute Gasteiger partial charge is 0.399 e. The third-order valence-corrected chi connectivity index (χ3v) is 5.91. The van der Waals surface area contributed by atoms with Gasteiger partial charge in [-0.3, -0.25) is 0 Å². The van der Waals surface area contributed by atoms with Gasteiger partial charge in [-0.05, 0) is 90.3 Å². The summed E-state index contributed by atoms with van der Waals surface area (Å²) in [6, 6.07) is 43.9. The topological polar surface area (TPSA) is 41.3 Å². The first-order valence-electron chi connectivity index (χ1n) is 11.4. The number of hydrogen-bond acceptors (Lipinski definition) is 3. The van der Waals surface area contributed by atoms with Crippen LogP contribution in [0.15, 0.2) is 127 Å². The predicted molar refractivity (Wildman–Crippen MR) is 145 cm³/mol. The quantitative estimate of drug-likeness (QED) is 0.260. The molecule has 0 aliphatic rings. The van der Waals surface area contributed by atoms with Gasteiger partial charge in [-0.25, -0.2) is 0 Å². The molecule has 0 unspecified atom stereocenters. The van der Waals surface area contributed by atoms with E-state index in [0.717, 1.165) is 34.1 Å². The van der Waals surface area contributed by atoms with Gasteiger partial charge in [0.1, 0.15) is 0 Å². The number of benzene rings is 5. The average Bonchev–Trinajstić information content (AvgIpc) is 2.88. The Morgan fingerprint density at radius 2 is 1.03 bits per heavy atom. The summed E-state index contributed by atoms with van der Waals surface area (Å²) < 4.78 is 0. The number of rotatable bonds is 6. The molecule has 0 radical (unpaired) electrons. The minimum Gasteiger partial charge on any atom is -0.399 e. The summed E-state index contributed by atoms with van der Waals surface area (Å²) in [6.07, 6.45) is 0. The highest BCUT2D eigenvalue weighted by Crippen LogP contribution is 2.37. The summed E-state index contributed by atoms with van der Waals surface area (Å²) in [5.41, 5.74) is 15.8. The van der Waals surface area contributed by atoms with Gasteiger partial charge in [0.15, 0.2) is 0 Å². The Morgan fingerprint density at radius 1 is 0.529 bits per heavy atom. The first-order valence-corrected chi connectivity index (χ1v) is 11.4. The minimum atomic E-state index is 0.758. The van der Waals surface area contributed by atoms with Gasteiger partial charge in [-0.2, -0.15) is 0 Å². The molecule has 5 rings (SSSR count). The molecular formula is C31H27N3. The normalized spacial score (nSPS) is 10.6. The van der Waals surface area contributed by atoms with E-state index < -0.39 is 0 Å². The SMILES string of the molecule is Cc1ccccc1N(c1ccc(N)cc1)c1ccc(-c2ccc(Nc3ccccc3)cc2)cc1. The molecule has 0 aliphatic carbocycles. The van der Waals surface area contributed by atoms with Gasteiger partial charge >= 0.3 is 0 Å². The second kappa shape index (κ2) is 9.55. The maximum absolute atomic E-state index is 5.95. The molecule has 5 aromatic rings. The van der Waals surface area contributed by atoms with Crippen LogP contribution in [0.5, 0.6) is 0 Å². The molecule has 3 N–H and O–H groups in total. The number of anilines is 6. The van der Waals surface area contributed by atoms with E-state index in [1.54, 1.807) is 0 Å². The highest BCUT2D eigenvalue weighted by Gasteiger charge is 2.14. The standard InChI is InChI=1S/C31H27N3/c1-23-7-5-6-10-31(23)34(30-21-15-26(32)16-22-30)29-19-13-25(14-20-29)24-11-17-28(18-12-24)33-27-8-3-2-4-9-27/h2-22,33H,32H2,1H3. The highest BCUT2D eigenvalue weighted by molar-refractivity contribution is 5.80. The fraction of sp³-hybridized carbons (Fsp3) is 0.0323. The third kappa shape index (κ3) is 4.64. The summed E-state index contributed by atoms with van der Waals surface area (Å²) >= 11 is 0. The van der Waals surface area contributed by atoms with Gasteiger partial charge in [0.2, 0.25) is 0 Å². The number of aryl methyl sites for hydroxylation is 1. The Bertz CT molecular complexity index is 1360. The summed E-state index contributed by atoms with van der Waals surface area (Å²) in [5, 5.41) is 3.44. The fourth-order valence-electron chi connectivity index (χ4n) is 4.10.